The van der Waals surface area contributed by atoms with Crippen LogP contribution in [0, 0.1) is 11.3 Å². The third kappa shape index (κ3) is 1.11. The first-order valence-corrected chi connectivity index (χ1v) is 6.78. The highest BCUT2D eigenvalue weighted by Crippen LogP contribution is 2.64. The van der Waals surface area contributed by atoms with Gasteiger partial charge in [-0.15, -0.1) is 0 Å². The number of cyclic esters (lactones) is 1. The first-order chi connectivity index (χ1) is 8.83. The maximum Gasteiger partial charge on any atom is 0.314 e. The Bertz CT molecular complexity index is 543. The lowest BCUT2D eigenvalue weighted by Gasteiger charge is -2.49. The van der Waals surface area contributed by atoms with Gasteiger partial charge in [-0.25, -0.2) is 0 Å². The zero-order valence-corrected chi connectivity index (χ0v) is 10.3. The van der Waals surface area contributed by atoms with Crippen molar-refractivity contribution in [3.05, 3.63) is 41.5 Å². The van der Waals surface area contributed by atoms with Crippen molar-refractivity contribution in [2.45, 2.75) is 25.7 Å². The Morgan fingerprint density at radius 2 is 2.00 bits per heavy atom. The van der Waals surface area contributed by atoms with E-state index in [1.807, 2.05) is 18.2 Å². The van der Waals surface area contributed by atoms with Gasteiger partial charge >= 0.3 is 5.97 Å². The maximum absolute atomic E-state index is 12.0. The predicted molar refractivity (Wildman–Crippen MR) is 68.7 cm³/mol. The van der Waals surface area contributed by atoms with E-state index in [4.69, 9.17) is 4.74 Å². The van der Waals surface area contributed by atoms with Crippen molar-refractivity contribution in [2.75, 3.05) is 6.61 Å². The third-order valence-electron chi connectivity index (χ3n) is 4.86. The van der Waals surface area contributed by atoms with E-state index in [9.17, 15) is 4.79 Å². The summed E-state index contributed by atoms with van der Waals surface area (Å²) in [7, 11) is 0. The second kappa shape index (κ2) is 3.47. The number of carbonyl (C=O) groups excluding carboxylic acids is 1. The summed E-state index contributed by atoms with van der Waals surface area (Å²) < 4.78 is 5.37. The molecule has 1 aliphatic heterocycles. The fourth-order valence-corrected chi connectivity index (χ4v) is 4.06. The molecule has 0 bridgehead atoms. The van der Waals surface area contributed by atoms with Crippen LogP contribution < -0.4 is 0 Å². The van der Waals surface area contributed by atoms with Gasteiger partial charge in [-0.05, 0) is 30.4 Å². The molecule has 0 amide bonds. The molecular formula is C16H16O2. The summed E-state index contributed by atoms with van der Waals surface area (Å²) in [5.74, 6) is 0.0229. The maximum atomic E-state index is 12.0. The van der Waals surface area contributed by atoms with Gasteiger partial charge in [-0.3, -0.25) is 4.79 Å². The molecule has 1 aromatic carbocycles. The van der Waals surface area contributed by atoms with Crippen LogP contribution in [-0.2, 0) is 9.53 Å². The molecule has 1 aromatic rings. The smallest absolute Gasteiger partial charge is 0.314 e. The van der Waals surface area contributed by atoms with Crippen LogP contribution in [0.2, 0.25) is 0 Å². The molecule has 1 heterocycles. The van der Waals surface area contributed by atoms with Crippen LogP contribution in [0.4, 0.5) is 0 Å². The van der Waals surface area contributed by atoms with Crippen LogP contribution in [0.5, 0.6) is 0 Å². The number of ether oxygens (including phenoxy) is 1. The van der Waals surface area contributed by atoms with Crippen molar-refractivity contribution in [2.24, 2.45) is 11.3 Å². The summed E-state index contributed by atoms with van der Waals surface area (Å²) in [5.41, 5.74) is 4.09. The van der Waals surface area contributed by atoms with Crippen molar-refractivity contribution >= 4 is 11.5 Å². The molecule has 2 nitrogen and oxygen atoms in total. The van der Waals surface area contributed by atoms with Gasteiger partial charge in [0.15, 0.2) is 0 Å². The van der Waals surface area contributed by atoms with E-state index in [0.717, 1.165) is 12.8 Å². The number of esters is 1. The molecule has 1 saturated carbocycles. The van der Waals surface area contributed by atoms with Crippen LogP contribution in [0.15, 0.2) is 35.9 Å². The highest BCUT2D eigenvalue weighted by molar-refractivity contribution is 5.98. The first kappa shape index (κ1) is 10.4. The lowest BCUT2D eigenvalue weighted by atomic mass is 9.51. The Morgan fingerprint density at radius 3 is 2.83 bits per heavy atom. The number of hydrogen-bond acceptors (Lipinski definition) is 2. The standard InChI is InChI=1S/C16H16O2/c17-15-14-13(11-6-2-1-3-7-11)12-8-4-5-9-16(12,14)10-18-15/h1-3,6-7,14H,4-5,8-10H2/t14-,16-/m1/s1. The van der Waals surface area contributed by atoms with Gasteiger partial charge < -0.3 is 4.74 Å². The fourth-order valence-electron chi connectivity index (χ4n) is 4.06. The van der Waals surface area contributed by atoms with E-state index in [-0.39, 0.29) is 17.3 Å². The third-order valence-corrected chi connectivity index (χ3v) is 4.86. The van der Waals surface area contributed by atoms with Crippen molar-refractivity contribution < 1.29 is 9.53 Å². The Balaban J connectivity index is 1.87. The summed E-state index contributed by atoms with van der Waals surface area (Å²) in [5, 5.41) is 0. The Hall–Kier alpha value is -1.57. The van der Waals surface area contributed by atoms with Crippen molar-refractivity contribution in [1.29, 1.82) is 0 Å². The number of benzene rings is 1. The minimum absolute atomic E-state index is 0.000460. The molecule has 2 fully saturated rings. The van der Waals surface area contributed by atoms with Crippen LogP contribution in [-0.4, -0.2) is 12.6 Å². The number of carbonyl (C=O) groups is 1. The zero-order chi connectivity index (χ0) is 12.2. The molecule has 0 radical (unpaired) electrons. The van der Waals surface area contributed by atoms with Gasteiger partial charge in [0, 0.05) is 5.41 Å². The van der Waals surface area contributed by atoms with E-state index in [1.165, 1.54) is 29.6 Å². The number of rotatable bonds is 1. The van der Waals surface area contributed by atoms with Crippen LogP contribution in [0.1, 0.15) is 31.2 Å². The second-order valence-electron chi connectivity index (χ2n) is 5.66. The molecule has 18 heavy (non-hydrogen) atoms. The monoisotopic (exact) mass is 240 g/mol. The normalized spacial score (nSPS) is 33.6. The SMILES string of the molecule is O=C1OC[C@]23CCCCC2=C(c2ccccc2)[C@H]13. The molecule has 2 atom stereocenters. The molecule has 2 aliphatic carbocycles. The van der Waals surface area contributed by atoms with Crippen LogP contribution in [0.25, 0.3) is 5.57 Å². The summed E-state index contributed by atoms with van der Waals surface area (Å²) in [6.45, 7) is 0.627. The molecule has 1 spiro atoms. The summed E-state index contributed by atoms with van der Waals surface area (Å²) >= 11 is 0. The lowest BCUT2D eigenvalue weighted by Crippen LogP contribution is -2.45. The zero-order valence-electron chi connectivity index (χ0n) is 10.3. The molecule has 4 rings (SSSR count). The Morgan fingerprint density at radius 1 is 1.17 bits per heavy atom. The molecule has 3 aliphatic rings. The van der Waals surface area contributed by atoms with Crippen molar-refractivity contribution in [1.82, 2.24) is 0 Å². The van der Waals surface area contributed by atoms with Crippen LogP contribution >= 0.6 is 0 Å². The highest BCUT2D eigenvalue weighted by atomic mass is 16.5. The van der Waals surface area contributed by atoms with E-state index in [2.05, 4.69) is 12.1 Å². The Labute approximate surface area is 107 Å². The Kier molecular flexibility index (Phi) is 2.00. The van der Waals surface area contributed by atoms with E-state index in [1.54, 1.807) is 0 Å². The molecule has 92 valence electrons. The topological polar surface area (TPSA) is 26.3 Å². The van der Waals surface area contributed by atoms with Crippen LogP contribution in [0.3, 0.4) is 0 Å². The lowest BCUT2D eigenvalue weighted by molar-refractivity contribution is -0.139. The molecule has 0 N–H and O–H groups in total. The number of hydrogen-bond donors (Lipinski definition) is 0. The highest BCUT2D eigenvalue weighted by Gasteiger charge is 2.62. The minimum Gasteiger partial charge on any atom is -0.464 e. The molecule has 2 heteroatoms. The average Bonchev–Trinajstić information content (AvgIpc) is 2.64. The predicted octanol–water partition coefficient (Wildman–Crippen LogP) is 3.19. The quantitative estimate of drug-likeness (QED) is 0.705. The van der Waals surface area contributed by atoms with Gasteiger partial charge in [0.2, 0.25) is 0 Å². The van der Waals surface area contributed by atoms with Gasteiger partial charge in [0.05, 0.1) is 5.92 Å². The summed E-state index contributed by atoms with van der Waals surface area (Å²) in [6, 6.07) is 10.4. The fraction of sp³-hybridized carbons (Fsp3) is 0.438. The van der Waals surface area contributed by atoms with Gasteiger partial charge in [-0.1, -0.05) is 42.3 Å². The molecule has 1 saturated heterocycles. The summed E-state index contributed by atoms with van der Waals surface area (Å²) in [4.78, 5) is 12.0. The summed E-state index contributed by atoms with van der Waals surface area (Å²) in [6.07, 6.45) is 4.78. The average molecular weight is 240 g/mol. The van der Waals surface area contributed by atoms with E-state index in [0.29, 0.717) is 6.61 Å². The second-order valence-corrected chi connectivity index (χ2v) is 5.66. The minimum atomic E-state index is -0.000460. The van der Waals surface area contributed by atoms with E-state index < -0.39 is 0 Å². The largest absolute Gasteiger partial charge is 0.464 e. The van der Waals surface area contributed by atoms with E-state index >= 15 is 0 Å². The van der Waals surface area contributed by atoms with Crippen molar-refractivity contribution in [3.8, 4) is 0 Å². The van der Waals surface area contributed by atoms with Gasteiger partial charge in [0.1, 0.15) is 6.61 Å². The van der Waals surface area contributed by atoms with Gasteiger partial charge in [0.25, 0.3) is 0 Å². The molecule has 0 aromatic heterocycles. The first-order valence-electron chi connectivity index (χ1n) is 6.78. The molecule has 0 unspecified atom stereocenters. The van der Waals surface area contributed by atoms with Crippen molar-refractivity contribution in [3.63, 3.8) is 0 Å². The van der Waals surface area contributed by atoms with Gasteiger partial charge in [-0.2, -0.15) is 0 Å². The molecular weight excluding hydrogens is 224 g/mol.